The van der Waals surface area contributed by atoms with Crippen LogP contribution in [0.5, 0.6) is 0 Å². The fourth-order valence-corrected chi connectivity index (χ4v) is 3.45. The Labute approximate surface area is 101 Å². The van der Waals surface area contributed by atoms with Gasteiger partial charge in [-0.1, -0.05) is 0 Å². The Morgan fingerprint density at radius 1 is 1.35 bits per heavy atom. The van der Waals surface area contributed by atoms with Crippen molar-refractivity contribution < 1.29 is 9.53 Å². The summed E-state index contributed by atoms with van der Waals surface area (Å²) in [5.74, 6) is 0.885. The van der Waals surface area contributed by atoms with Crippen molar-refractivity contribution in [3.05, 3.63) is 17.0 Å². The first-order chi connectivity index (χ1) is 8.22. The lowest BCUT2D eigenvalue weighted by Gasteiger charge is -2.36. The average Bonchev–Trinajstić information content (AvgIpc) is 2.72. The van der Waals surface area contributed by atoms with Crippen molar-refractivity contribution >= 4 is 5.97 Å². The van der Waals surface area contributed by atoms with Gasteiger partial charge in [-0.25, -0.2) is 4.79 Å². The molecule has 0 unspecified atom stereocenters. The van der Waals surface area contributed by atoms with Crippen LogP contribution in [0.3, 0.4) is 0 Å². The number of hydrogen-bond acceptors (Lipinski definition) is 3. The highest BCUT2D eigenvalue weighted by atomic mass is 16.5. The Balaban J connectivity index is 2.08. The van der Waals surface area contributed by atoms with E-state index in [0.717, 1.165) is 0 Å². The van der Waals surface area contributed by atoms with Gasteiger partial charge in [0.25, 0.3) is 0 Å². The quantitative estimate of drug-likeness (QED) is 0.738. The Kier molecular flexibility index (Phi) is 2.45. The summed E-state index contributed by atoms with van der Waals surface area (Å²) >= 11 is 0. The molecule has 17 heavy (non-hydrogen) atoms. The number of aromatic nitrogens is 2. The summed E-state index contributed by atoms with van der Waals surface area (Å²) in [5, 5.41) is 4.39. The predicted octanol–water partition coefficient (Wildman–Crippen LogP) is 2.35. The zero-order valence-corrected chi connectivity index (χ0v) is 10.4. The molecule has 4 rings (SSSR count). The summed E-state index contributed by atoms with van der Waals surface area (Å²) < 4.78 is 7.00. The molecule has 2 bridgehead atoms. The number of carbonyl (C=O) groups excluding carboxylic acids is 1. The summed E-state index contributed by atoms with van der Waals surface area (Å²) in [4.78, 5) is 11.9. The molecule has 3 aliphatic rings. The molecule has 4 heteroatoms. The van der Waals surface area contributed by atoms with E-state index in [2.05, 4.69) is 5.10 Å². The highest BCUT2D eigenvalue weighted by molar-refractivity contribution is 5.89. The number of rotatable bonds is 2. The van der Waals surface area contributed by atoms with Crippen LogP contribution >= 0.6 is 0 Å². The minimum atomic E-state index is -0.253. The Morgan fingerprint density at radius 3 is 2.65 bits per heavy atom. The molecule has 1 fully saturated rings. The monoisotopic (exact) mass is 234 g/mol. The summed E-state index contributed by atoms with van der Waals surface area (Å²) in [5.41, 5.74) is 3.04. The van der Waals surface area contributed by atoms with Crippen LogP contribution in [0, 0.1) is 0 Å². The van der Waals surface area contributed by atoms with Crippen LogP contribution < -0.4 is 0 Å². The van der Waals surface area contributed by atoms with Gasteiger partial charge in [-0.3, -0.25) is 4.68 Å². The van der Waals surface area contributed by atoms with E-state index in [1.807, 2.05) is 18.7 Å². The summed E-state index contributed by atoms with van der Waals surface area (Å²) in [6, 6.07) is 0. The van der Waals surface area contributed by atoms with E-state index in [4.69, 9.17) is 4.74 Å². The van der Waals surface area contributed by atoms with Crippen molar-refractivity contribution in [2.75, 3.05) is 6.61 Å². The van der Waals surface area contributed by atoms with Gasteiger partial charge in [0.1, 0.15) is 0 Å². The highest BCUT2D eigenvalue weighted by Crippen LogP contribution is 2.50. The van der Waals surface area contributed by atoms with Crippen molar-refractivity contribution in [2.45, 2.75) is 44.4 Å². The van der Waals surface area contributed by atoms with E-state index < -0.39 is 0 Å². The predicted molar refractivity (Wildman–Crippen MR) is 63.1 cm³/mol. The number of nitrogens with zero attached hydrogens (tertiary/aromatic N) is 2. The number of hydrogen-bond donors (Lipinski definition) is 0. The smallest absolute Gasteiger partial charge is 0.359 e. The molecule has 0 atom stereocenters. The Morgan fingerprint density at radius 2 is 2.00 bits per heavy atom. The first-order valence-electron chi connectivity index (χ1n) is 6.46. The maximum absolute atomic E-state index is 11.9. The van der Waals surface area contributed by atoms with Crippen LogP contribution in [0.4, 0.5) is 0 Å². The van der Waals surface area contributed by atoms with Gasteiger partial charge in [-0.05, 0) is 38.5 Å². The SMILES string of the molecule is CCOC(=O)c1nn(C)c2c1C1CCC2CC1. The third kappa shape index (κ3) is 1.50. The summed E-state index contributed by atoms with van der Waals surface area (Å²) in [6.45, 7) is 2.25. The fourth-order valence-electron chi connectivity index (χ4n) is 3.45. The van der Waals surface area contributed by atoms with Crippen LogP contribution in [0.25, 0.3) is 0 Å². The number of esters is 1. The Hall–Kier alpha value is -1.32. The van der Waals surface area contributed by atoms with Gasteiger partial charge in [0.2, 0.25) is 0 Å². The molecule has 0 aromatic carbocycles. The molecule has 1 heterocycles. The van der Waals surface area contributed by atoms with Crippen molar-refractivity contribution in [2.24, 2.45) is 7.05 Å². The van der Waals surface area contributed by atoms with Crippen molar-refractivity contribution in [3.63, 3.8) is 0 Å². The van der Waals surface area contributed by atoms with Crippen LogP contribution in [0.1, 0.15) is 66.2 Å². The molecule has 0 aliphatic heterocycles. The van der Waals surface area contributed by atoms with E-state index in [-0.39, 0.29) is 5.97 Å². The molecule has 0 saturated heterocycles. The van der Waals surface area contributed by atoms with Crippen LogP contribution in [0.15, 0.2) is 0 Å². The third-order valence-electron chi connectivity index (χ3n) is 4.12. The standard InChI is InChI=1S/C13H18N2O2/c1-3-17-13(16)11-10-8-4-6-9(7-5-8)12(10)15(2)14-11/h8-9H,3-7H2,1-2H3. The molecular weight excluding hydrogens is 216 g/mol. The molecule has 3 aliphatic carbocycles. The van der Waals surface area contributed by atoms with Gasteiger partial charge in [0, 0.05) is 24.2 Å². The van der Waals surface area contributed by atoms with Crippen molar-refractivity contribution in [1.29, 1.82) is 0 Å². The minimum absolute atomic E-state index is 0.253. The summed E-state index contributed by atoms with van der Waals surface area (Å²) in [6.07, 6.45) is 4.91. The molecule has 92 valence electrons. The largest absolute Gasteiger partial charge is 0.461 e. The van der Waals surface area contributed by atoms with Crippen LogP contribution in [0.2, 0.25) is 0 Å². The second-order valence-electron chi connectivity index (χ2n) is 5.04. The fraction of sp³-hybridized carbons (Fsp3) is 0.692. The van der Waals surface area contributed by atoms with Gasteiger partial charge < -0.3 is 4.74 Å². The van der Waals surface area contributed by atoms with E-state index in [1.54, 1.807) is 0 Å². The zero-order valence-electron chi connectivity index (χ0n) is 10.4. The third-order valence-corrected chi connectivity index (χ3v) is 4.12. The lowest BCUT2D eigenvalue weighted by atomic mass is 9.69. The second kappa shape index (κ2) is 3.86. The molecule has 0 amide bonds. The average molecular weight is 234 g/mol. The number of ether oxygens (including phenoxy) is 1. The topological polar surface area (TPSA) is 44.1 Å². The molecule has 4 nitrogen and oxygen atoms in total. The van der Waals surface area contributed by atoms with Gasteiger partial charge in [-0.15, -0.1) is 0 Å². The molecule has 0 spiro atoms. The maximum Gasteiger partial charge on any atom is 0.359 e. The number of fused-ring (bicyclic) bond motifs is 2. The molecular formula is C13H18N2O2. The maximum atomic E-state index is 11.9. The molecule has 1 aromatic heterocycles. The van der Waals surface area contributed by atoms with Crippen LogP contribution in [-0.2, 0) is 11.8 Å². The molecule has 0 radical (unpaired) electrons. The van der Waals surface area contributed by atoms with Gasteiger partial charge in [-0.2, -0.15) is 5.10 Å². The first kappa shape index (κ1) is 10.8. The van der Waals surface area contributed by atoms with Gasteiger partial charge in [0.05, 0.1) is 6.61 Å². The molecule has 1 saturated carbocycles. The highest BCUT2D eigenvalue weighted by Gasteiger charge is 2.39. The molecule has 0 N–H and O–H groups in total. The minimum Gasteiger partial charge on any atom is -0.461 e. The van der Waals surface area contributed by atoms with Crippen molar-refractivity contribution in [1.82, 2.24) is 9.78 Å². The second-order valence-corrected chi connectivity index (χ2v) is 5.04. The number of carbonyl (C=O) groups is 1. The first-order valence-corrected chi connectivity index (χ1v) is 6.46. The lowest BCUT2D eigenvalue weighted by Crippen LogP contribution is -2.24. The summed E-state index contributed by atoms with van der Waals surface area (Å²) in [7, 11) is 1.95. The van der Waals surface area contributed by atoms with E-state index >= 15 is 0 Å². The zero-order chi connectivity index (χ0) is 12.0. The van der Waals surface area contributed by atoms with Gasteiger partial charge in [0.15, 0.2) is 5.69 Å². The van der Waals surface area contributed by atoms with Crippen molar-refractivity contribution in [3.8, 4) is 0 Å². The normalized spacial score (nSPS) is 25.8. The van der Waals surface area contributed by atoms with Crippen LogP contribution in [-0.4, -0.2) is 22.4 Å². The number of aryl methyl sites for hydroxylation is 1. The lowest BCUT2D eigenvalue weighted by molar-refractivity contribution is 0.0516. The van der Waals surface area contributed by atoms with E-state index in [9.17, 15) is 4.79 Å². The molecule has 1 aromatic rings. The van der Waals surface area contributed by atoms with E-state index in [1.165, 1.54) is 36.9 Å². The Bertz CT molecular complexity index is 456. The van der Waals surface area contributed by atoms with E-state index in [0.29, 0.717) is 24.1 Å². The van der Waals surface area contributed by atoms with Gasteiger partial charge >= 0.3 is 5.97 Å².